The van der Waals surface area contributed by atoms with Crippen LogP contribution in [0.3, 0.4) is 0 Å². The van der Waals surface area contributed by atoms with Gasteiger partial charge in [-0.15, -0.1) is 0 Å². The first-order valence-electron chi connectivity index (χ1n) is 9.28. The zero-order chi connectivity index (χ0) is 20.7. The number of hydrogen-bond donors (Lipinski definition) is 2. The first-order chi connectivity index (χ1) is 13.2. The zero-order valence-corrected chi connectivity index (χ0v) is 16.9. The zero-order valence-electron chi connectivity index (χ0n) is 16.9. The Morgan fingerprint density at radius 2 is 1.79 bits per heavy atom. The minimum atomic E-state index is -1.10. The number of ether oxygens (including phenoxy) is 1. The van der Waals surface area contributed by atoms with Crippen LogP contribution >= 0.6 is 0 Å². The molecule has 150 valence electrons. The van der Waals surface area contributed by atoms with E-state index in [1.807, 2.05) is 69.3 Å². The second-order valence-electron chi connectivity index (χ2n) is 7.68. The van der Waals surface area contributed by atoms with Gasteiger partial charge in [-0.3, -0.25) is 5.32 Å². The Labute approximate surface area is 166 Å². The summed E-state index contributed by atoms with van der Waals surface area (Å²) in [6.07, 6.45) is 0.0165. The van der Waals surface area contributed by atoms with Crippen LogP contribution in [0.1, 0.15) is 32.8 Å². The van der Waals surface area contributed by atoms with Crippen LogP contribution in [0.5, 0.6) is 0 Å². The lowest BCUT2D eigenvalue weighted by molar-refractivity contribution is 0.0297. The molecule has 0 aromatic heterocycles. The molecule has 6 heteroatoms. The van der Waals surface area contributed by atoms with Crippen LogP contribution in [0.2, 0.25) is 0 Å². The van der Waals surface area contributed by atoms with Crippen molar-refractivity contribution in [3.8, 4) is 11.1 Å². The molecule has 0 unspecified atom stereocenters. The van der Waals surface area contributed by atoms with Gasteiger partial charge >= 0.3 is 12.2 Å². The van der Waals surface area contributed by atoms with Crippen molar-refractivity contribution in [3.05, 3.63) is 54.1 Å². The Bertz CT molecular complexity index is 813. The maximum Gasteiger partial charge on any atom is 0.410 e. The average Bonchev–Trinajstić information content (AvgIpc) is 2.60. The summed E-state index contributed by atoms with van der Waals surface area (Å²) < 4.78 is 5.34. The van der Waals surface area contributed by atoms with Gasteiger partial charge in [0.05, 0.1) is 5.69 Å². The predicted octanol–water partition coefficient (Wildman–Crippen LogP) is 5.24. The molecule has 0 aliphatic carbocycles. The summed E-state index contributed by atoms with van der Waals surface area (Å²) in [6.45, 7) is 6.06. The lowest BCUT2D eigenvalue weighted by Gasteiger charge is -2.24. The summed E-state index contributed by atoms with van der Waals surface area (Å²) >= 11 is 0. The molecule has 2 aromatic rings. The quantitative estimate of drug-likeness (QED) is 0.713. The molecule has 6 nitrogen and oxygen atoms in total. The Morgan fingerprint density at radius 1 is 1.11 bits per heavy atom. The number of anilines is 1. The molecule has 0 aliphatic heterocycles. The van der Waals surface area contributed by atoms with E-state index in [4.69, 9.17) is 9.84 Å². The number of nitrogens with zero attached hydrogens (tertiary/aromatic N) is 1. The minimum absolute atomic E-state index is 0.347. The second-order valence-corrected chi connectivity index (χ2v) is 7.68. The molecule has 2 amide bonds. The van der Waals surface area contributed by atoms with Gasteiger partial charge in [-0.2, -0.15) is 0 Å². The Morgan fingerprint density at radius 3 is 2.39 bits per heavy atom. The molecule has 0 saturated carbocycles. The van der Waals surface area contributed by atoms with Gasteiger partial charge in [0.2, 0.25) is 0 Å². The van der Waals surface area contributed by atoms with Crippen molar-refractivity contribution in [1.29, 1.82) is 0 Å². The first-order valence-corrected chi connectivity index (χ1v) is 9.28. The Hall–Kier alpha value is -3.02. The predicted molar refractivity (Wildman–Crippen MR) is 111 cm³/mol. The first kappa shape index (κ1) is 21.3. The topological polar surface area (TPSA) is 78.9 Å². The molecule has 0 radical (unpaired) electrons. The van der Waals surface area contributed by atoms with E-state index in [1.54, 1.807) is 11.9 Å². The normalized spacial score (nSPS) is 11.0. The molecular formula is C22H28N2O4. The van der Waals surface area contributed by atoms with Crippen molar-refractivity contribution in [3.63, 3.8) is 0 Å². The number of carboxylic acid groups (broad SMARTS) is 1. The molecular weight excluding hydrogens is 356 g/mol. The molecule has 0 bridgehead atoms. The number of carbonyl (C=O) groups excluding carboxylic acids is 1. The maximum atomic E-state index is 12.0. The number of benzene rings is 2. The third-order valence-corrected chi connectivity index (χ3v) is 4.07. The number of rotatable bonds is 6. The van der Waals surface area contributed by atoms with Gasteiger partial charge in [0.1, 0.15) is 5.60 Å². The molecule has 0 saturated heterocycles. The summed E-state index contributed by atoms with van der Waals surface area (Å²) in [6, 6.07) is 15.4. The van der Waals surface area contributed by atoms with E-state index < -0.39 is 11.7 Å². The Balaban J connectivity index is 2.04. The van der Waals surface area contributed by atoms with Gasteiger partial charge < -0.3 is 14.7 Å². The van der Waals surface area contributed by atoms with E-state index in [9.17, 15) is 9.59 Å². The molecule has 2 N–H and O–H groups in total. The number of hydrogen-bond acceptors (Lipinski definition) is 3. The van der Waals surface area contributed by atoms with Crippen LogP contribution in [-0.4, -0.2) is 41.4 Å². The summed E-state index contributed by atoms with van der Waals surface area (Å²) in [5.41, 5.74) is 2.81. The number of amides is 2. The maximum absolute atomic E-state index is 12.0. The van der Waals surface area contributed by atoms with Crippen molar-refractivity contribution in [1.82, 2.24) is 4.90 Å². The standard InChI is InChI=1S/C22H28N2O4/c1-22(2,3)28-21(27)24(4)14-8-9-16-12-13-18(17-10-6-5-7-11-17)19(15-16)23-20(25)26/h5-7,10-13,15,23H,8-9,14H2,1-4H3,(H,25,26). The van der Waals surface area contributed by atoms with Crippen LogP contribution in [0, 0.1) is 0 Å². The van der Waals surface area contributed by atoms with E-state index in [0.717, 1.165) is 29.5 Å². The SMILES string of the molecule is CN(CCCc1ccc(-c2ccccc2)c(NC(=O)O)c1)C(=O)OC(C)(C)C. The van der Waals surface area contributed by atoms with Crippen LogP contribution in [0.4, 0.5) is 15.3 Å². The number of aryl methyl sites for hydroxylation is 1. The summed E-state index contributed by atoms with van der Waals surface area (Å²) in [4.78, 5) is 24.7. The van der Waals surface area contributed by atoms with Gasteiger partial charge in [-0.05, 0) is 50.8 Å². The van der Waals surface area contributed by atoms with Crippen molar-refractivity contribution < 1.29 is 19.4 Å². The highest BCUT2D eigenvalue weighted by atomic mass is 16.6. The van der Waals surface area contributed by atoms with Gasteiger partial charge in [0, 0.05) is 19.2 Å². The van der Waals surface area contributed by atoms with Crippen molar-refractivity contribution in [2.45, 2.75) is 39.2 Å². The molecule has 0 aliphatic rings. The summed E-state index contributed by atoms with van der Waals surface area (Å²) in [5, 5.41) is 11.7. The summed E-state index contributed by atoms with van der Waals surface area (Å²) in [7, 11) is 1.71. The van der Waals surface area contributed by atoms with E-state index >= 15 is 0 Å². The van der Waals surface area contributed by atoms with E-state index in [-0.39, 0.29) is 6.09 Å². The third-order valence-electron chi connectivity index (χ3n) is 4.07. The molecule has 0 fully saturated rings. The van der Waals surface area contributed by atoms with E-state index in [2.05, 4.69) is 5.32 Å². The molecule has 2 aromatic carbocycles. The van der Waals surface area contributed by atoms with Gasteiger partial charge in [-0.25, -0.2) is 9.59 Å². The second kappa shape index (κ2) is 9.26. The van der Waals surface area contributed by atoms with Crippen LogP contribution in [-0.2, 0) is 11.2 Å². The number of nitrogens with one attached hydrogen (secondary N) is 1. The lowest BCUT2D eigenvalue weighted by Crippen LogP contribution is -2.34. The van der Waals surface area contributed by atoms with Crippen molar-refractivity contribution in [2.75, 3.05) is 18.9 Å². The number of carbonyl (C=O) groups is 2. The fourth-order valence-corrected chi connectivity index (χ4v) is 2.79. The minimum Gasteiger partial charge on any atom is -0.465 e. The van der Waals surface area contributed by atoms with Crippen molar-refractivity contribution >= 4 is 17.9 Å². The van der Waals surface area contributed by atoms with Crippen LogP contribution in [0.25, 0.3) is 11.1 Å². The molecule has 28 heavy (non-hydrogen) atoms. The van der Waals surface area contributed by atoms with Gasteiger partial charge in [-0.1, -0.05) is 42.5 Å². The highest BCUT2D eigenvalue weighted by Gasteiger charge is 2.19. The van der Waals surface area contributed by atoms with E-state index in [1.165, 1.54) is 0 Å². The van der Waals surface area contributed by atoms with Gasteiger partial charge in [0.25, 0.3) is 0 Å². The van der Waals surface area contributed by atoms with Crippen LogP contribution < -0.4 is 5.32 Å². The summed E-state index contributed by atoms with van der Waals surface area (Å²) in [5.74, 6) is 0. The molecule has 0 heterocycles. The molecule has 2 rings (SSSR count). The Kier molecular flexibility index (Phi) is 7.04. The largest absolute Gasteiger partial charge is 0.465 e. The van der Waals surface area contributed by atoms with E-state index in [0.29, 0.717) is 12.2 Å². The van der Waals surface area contributed by atoms with Crippen LogP contribution in [0.15, 0.2) is 48.5 Å². The highest BCUT2D eigenvalue weighted by molar-refractivity contribution is 5.90. The molecule has 0 spiro atoms. The fourth-order valence-electron chi connectivity index (χ4n) is 2.79. The van der Waals surface area contributed by atoms with Crippen molar-refractivity contribution in [2.24, 2.45) is 0 Å². The fraction of sp³-hybridized carbons (Fsp3) is 0.364. The molecule has 0 atom stereocenters. The monoisotopic (exact) mass is 384 g/mol. The average molecular weight is 384 g/mol. The highest BCUT2D eigenvalue weighted by Crippen LogP contribution is 2.29. The smallest absolute Gasteiger partial charge is 0.410 e. The van der Waals surface area contributed by atoms with Gasteiger partial charge in [0.15, 0.2) is 0 Å². The third kappa shape index (κ3) is 6.61. The lowest BCUT2D eigenvalue weighted by atomic mass is 9.99.